The third-order valence-corrected chi connectivity index (χ3v) is 4.84. The lowest BCUT2D eigenvalue weighted by atomic mass is 9.90. The van der Waals surface area contributed by atoms with Gasteiger partial charge in [-0.15, -0.1) is 0 Å². The van der Waals surface area contributed by atoms with Crippen molar-refractivity contribution >= 4 is 17.8 Å². The summed E-state index contributed by atoms with van der Waals surface area (Å²) in [5.41, 5.74) is 0. The van der Waals surface area contributed by atoms with E-state index in [9.17, 15) is 19.5 Å². The van der Waals surface area contributed by atoms with Crippen LogP contribution in [0.4, 0.5) is 0 Å². The van der Waals surface area contributed by atoms with Gasteiger partial charge in [-0.05, 0) is 11.8 Å². The van der Waals surface area contributed by atoms with Crippen molar-refractivity contribution in [3.8, 4) is 0 Å². The maximum absolute atomic E-state index is 13.1. The van der Waals surface area contributed by atoms with Gasteiger partial charge in [0, 0.05) is 20.1 Å². The zero-order valence-corrected chi connectivity index (χ0v) is 17.4. The SMILES string of the molecule is CCC(C)C(C(CC(=O)O)OC)N(C)C(=O)C(NC(=O)C(C)C)C(C)C. The molecule has 0 spiro atoms. The van der Waals surface area contributed by atoms with E-state index in [1.807, 2.05) is 27.7 Å². The largest absolute Gasteiger partial charge is 0.481 e. The number of nitrogens with zero attached hydrogens (tertiary/aromatic N) is 1. The average molecular weight is 373 g/mol. The molecule has 26 heavy (non-hydrogen) atoms. The van der Waals surface area contributed by atoms with Gasteiger partial charge in [0.15, 0.2) is 0 Å². The normalized spacial score (nSPS) is 16.1. The average Bonchev–Trinajstić information content (AvgIpc) is 2.56. The van der Waals surface area contributed by atoms with Crippen molar-refractivity contribution in [3.05, 3.63) is 0 Å². The van der Waals surface area contributed by atoms with E-state index in [-0.39, 0.29) is 36.0 Å². The molecular formula is C19H36N2O5. The monoisotopic (exact) mass is 372 g/mol. The first kappa shape index (κ1) is 24.4. The summed E-state index contributed by atoms with van der Waals surface area (Å²) < 4.78 is 5.42. The van der Waals surface area contributed by atoms with E-state index in [1.54, 1.807) is 25.8 Å². The molecule has 0 aliphatic rings. The molecule has 2 N–H and O–H groups in total. The Labute approximate surface area is 157 Å². The van der Waals surface area contributed by atoms with Gasteiger partial charge >= 0.3 is 5.97 Å². The van der Waals surface area contributed by atoms with Gasteiger partial charge in [-0.3, -0.25) is 14.4 Å². The highest BCUT2D eigenvalue weighted by Gasteiger charge is 2.37. The fourth-order valence-electron chi connectivity index (χ4n) is 2.95. The van der Waals surface area contributed by atoms with Crippen LogP contribution in [0.15, 0.2) is 0 Å². The van der Waals surface area contributed by atoms with Crippen molar-refractivity contribution in [1.82, 2.24) is 10.2 Å². The summed E-state index contributed by atoms with van der Waals surface area (Å²) in [5.74, 6) is -1.66. The van der Waals surface area contributed by atoms with E-state index in [0.717, 1.165) is 6.42 Å². The third-order valence-electron chi connectivity index (χ3n) is 4.84. The molecule has 0 saturated carbocycles. The topological polar surface area (TPSA) is 95.9 Å². The van der Waals surface area contributed by atoms with Crippen molar-refractivity contribution in [1.29, 1.82) is 0 Å². The zero-order chi connectivity index (χ0) is 20.6. The van der Waals surface area contributed by atoms with E-state index >= 15 is 0 Å². The first-order chi connectivity index (χ1) is 12.0. The second-order valence-electron chi connectivity index (χ2n) is 7.58. The van der Waals surface area contributed by atoms with E-state index < -0.39 is 24.2 Å². The molecule has 0 aromatic heterocycles. The van der Waals surface area contributed by atoms with Crippen LogP contribution in [0.1, 0.15) is 54.4 Å². The van der Waals surface area contributed by atoms with Gasteiger partial charge in [-0.2, -0.15) is 0 Å². The van der Waals surface area contributed by atoms with Crippen LogP contribution < -0.4 is 5.32 Å². The highest BCUT2D eigenvalue weighted by molar-refractivity contribution is 5.88. The number of methoxy groups -OCH3 is 1. The predicted molar refractivity (Wildman–Crippen MR) is 101 cm³/mol. The first-order valence-corrected chi connectivity index (χ1v) is 9.29. The summed E-state index contributed by atoms with van der Waals surface area (Å²) in [6.45, 7) is 11.3. The van der Waals surface area contributed by atoms with E-state index in [2.05, 4.69) is 5.32 Å². The maximum atomic E-state index is 13.1. The van der Waals surface area contributed by atoms with Crippen molar-refractivity contribution in [3.63, 3.8) is 0 Å². The van der Waals surface area contributed by atoms with Crippen LogP contribution in [-0.4, -0.2) is 60.1 Å². The summed E-state index contributed by atoms with van der Waals surface area (Å²) in [5, 5.41) is 12.0. The van der Waals surface area contributed by atoms with Crippen LogP contribution in [0.3, 0.4) is 0 Å². The van der Waals surface area contributed by atoms with Crippen LogP contribution >= 0.6 is 0 Å². The minimum Gasteiger partial charge on any atom is -0.481 e. The number of rotatable bonds is 11. The van der Waals surface area contributed by atoms with Gasteiger partial charge in [-0.25, -0.2) is 0 Å². The molecule has 0 rings (SSSR count). The molecule has 7 nitrogen and oxygen atoms in total. The highest BCUT2D eigenvalue weighted by atomic mass is 16.5. The summed E-state index contributed by atoms with van der Waals surface area (Å²) in [7, 11) is 3.12. The molecule has 0 aromatic carbocycles. The van der Waals surface area contributed by atoms with Crippen LogP contribution in [-0.2, 0) is 19.1 Å². The molecule has 0 saturated heterocycles. The number of carboxylic acids is 1. The summed E-state index contributed by atoms with van der Waals surface area (Å²) >= 11 is 0. The Hall–Kier alpha value is -1.63. The molecule has 7 heteroatoms. The van der Waals surface area contributed by atoms with E-state index in [0.29, 0.717) is 0 Å². The molecule has 4 atom stereocenters. The standard InChI is InChI=1S/C19H36N2O5/c1-9-13(6)17(14(26-8)10-15(22)23)21(7)19(25)16(11(2)3)20-18(24)12(4)5/h11-14,16-17H,9-10H2,1-8H3,(H,20,24)(H,22,23). The molecule has 0 aromatic rings. The van der Waals surface area contributed by atoms with Crippen LogP contribution in [0.5, 0.6) is 0 Å². The number of nitrogens with one attached hydrogen (secondary N) is 1. The van der Waals surface area contributed by atoms with E-state index in [4.69, 9.17) is 4.74 Å². The van der Waals surface area contributed by atoms with Crippen molar-refractivity contribution in [2.45, 2.75) is 72.6 Å². The van der Waals surface area contributed by atoms with Crippen molar-refractivity contribution in [2.75, 3.05) is 14.2 Å². The van der Waals surface area contributed by atoms with Crippen molar-refractivity contribution < 1.29 is 24.2 Å². The Morgan fingerprint density at radius 3 is 2.00 bits per heavy atom. The molecular weight excluding hydrogens is 336 g/mol. The van der Waals surface area contributed by atoms with Gasteiger partial charge in [0.05, 0.1) is 18.6 Å². The quantitative estimate of drug-likeness (QED) is 0.579. The first-order valence-electron chi connectivity index (χ1n) is 9.29. The Balaban J connectivity index is 5.62. The Kier molecular flexibility index (Phi) is 10.5. The number of hydrogen-bond acceptors (Lipinski definition) is 4. The molecule has 4 unspecified atom stereocenters. The van der Waals surface area contributed by atoms with E-state index in [1.165, 1.54) is 7.11 Å². The second kappa shape index (κ2) is 11.2. The highest BCUT2D eigenvalue weighted by Crippen LogP contribution is 2.23. The lowest BCUT2D eigenvalue weighted by molar-refractivity contribution is -0.148. The van der Waals surface area contributed by atoms with Crippen LogP contribution in [0.2, 0.25) is 0 Å². The van der Waals surface area contributed by atoms with Gasteiger partial charge < -0.3 is 20.1 Å². The number of carboxylic acid groups (broad SMARTS) is 1. The Bertz CT molecular complexity index is 479. The van der Waals surface area contributed by atoms with Crippen LogP contribution in [0.25, 0.3) is 0 Å². The summed E-state index contributed by atoms with van der Waals surface area (Å²) in [4.78, 5) is 38.0. The number of amides is 2. The molecule has 0 heterocycles. The maximum Gasteiger partial charge on any atom is 0.306 e. The number of carbonyl (C=O) groups excluding carboxylic acids is 2. The molecule has 0 fully saturated rings. The molecule has 2 amide bonds. The number of carbonyl (C=O) groups is 3. The fourth-order valence-corrected chi connectivity index (χ4v) is 2.95. The molecule has 0 aliphatic heterocycles. The summed E-state index contributed by atoms with van der Waals surface area (Å²) in [6, 6.07) is -1.06. The number of likely N-dealkylation sites (N-methyl/N-ethyl adjacent to an activating group) is 1. The predicted octanol–water partition coefficient (Wildman–Crippen LogP) is 2.15. The lowest BCUT2D eigenvalue weighted by Gasteiger charge is -2.39. The number of hydrogen-bond donors (Lipinski definition) is 2. The van der Waals surface area contributed by atoms with Gasteiger partial charge in [0.25, 0.3) is 0 Å². The third kappa shape index (κ3) is 6.94. The van der Waals surface area contributed by atoms with Gasteiger partial charge in [0.2, 0.25) is 11.8 Å². The molecule has 152 valence electrons. The van der Waals surface area contributed by atoms with Gasteiger partial charge in [0.1, 0.15) is 6.04 Å². The van der Waals surface area contributed by atoms with Gasteiger partial charge in [-0.1, -0.05) is 48.0 Å². The zero-order valence-electron chi connectivity index (χ0n) is 17.4. The minimum atomic E-state index is -0.973. The fraction of sp³-hybridized carbons (Fsp3) is 0.842. The van der Waals surface area contributed by atoms with Crippen molar-refractivity contribution in [2.24, 2.45) is 17.8 Å². The Morgan fingerprint density at radius 2 is 1.65 bits per heavy atom. The number of aliphatic carboxylic acids is 1. The molecule has 0 bridgehead atoms. The molecule has 0 radical (unpaired) electrons. The Morgan fingerprint density at radius 1 is 1.12 bits per heavy atom. The second-order valence-corrected chi connectivity index (χ2v) is 7.58. The number of ether oxygens (including phenoxy) is 1. The van der Waals surface area contributed by atoms with Crippen LogP contribution in [0, 0.1) is 17.8 Å². The molecule has 0 aliphatic carbocycles. The lowest BCUT2D eigenvalue weighted by Crippen LogP contribution is -2.57. The smallest absolute Gasteiger partial charge is 0.306 e. The summed E-state index contributed by atoms with van der Waals surface area (Å²) in [6.07, 6.45) is -0.0367. The minimum absolute atomic E-state index is 0.0434.